The molecule has 0 aliphatic carbocycles. The molecule has 6 heteroatoms. The zero-order valence-electron chi connectivity index (χ0n) is 22.9. The number of aromatic nitrogens is 1. The molecule has 1 aromatic heterocycles. The summed E-state index contributed by atoms with van der Waals surface area (Å²) in [6.07, 6.45) is 2.97. The second kappa shape index (κ2) is 13.6. The molecule has 3 aromatic carbocycles. The second-order valence-corrected chi connectivity index (χ2v) is 11.3. The topological polar surface area (TPSA) is 33.2 Å². The van der Waals surface area contributed by atoms with Crippen molar-refractivity contribution in [2.45, 2.75) is 65.3 Å². The Labute approximate surface area is 234 Å². The molecule has 0 saturated carbocycles. The van der Waals surface area contributed by atoms with Crippen molar-refractivity contribution in [3.8, 4) is 0 Å². The van der Waals surface area contributed by atoms with Crippen molar-refractivity contribution >= 4 is 22.3 Å². The van der Waals surface area contributed by atoms with Crippen molar-refractivity contribution in [1.29, 1.82) is 0 Å². The van der Waals surface area contributed by atoms with E-state index >= 15 is 0 Å². The highest BCUT2D eigenvalue weighted by Gasteiger charge is 2.15. The summed E-state index contributed by atoms with van der Waals surface area (Å²) in [7, 11) is 0. The van der Waals surface area contributed by atoms with Gasteiger partial charge in [0.2, 0.25) is 0 Å². The number of nitrogens with zero attached hydrogens (tertiary/aromatic N) is 2. The summed E-state index contributed by atoms with van der Waals surface area (Å²) in [6, 6.07) is 20.8. The molecule has 0 spiro atoms. The van der Waals surface area contributed by atoms with Crippen LogP contribution in [-0.4, -0.2) is 17.3 Å². The predicted octanol–water partition coefficient (Wildman–Crippen LogP) is 8.10. The van der Waals surface area contributed by atoms with Crippen molar-refractivity contribution in [1.82, 2.24) is 4.98 Å². The van der Waals surface area contributed by atoms with E-state index in [-0.39, 0.29) is 17.4 Å². The molecule has 0 atom stereocenters. The van der Waals surface area contributed by atoms with E-state index in [2.05, 4.69) is 48.4 Å². The first-order valence-corrected chi connectivity index (χ1v) is 14.4. The fourth-order valence-electron chi connectivity index (χ4n) is 4.47. The largest absolute Gasteiger partial charge is 0.343 e. The lowest BCUT2D eigenvalue weighted by molar-refractivity contribution is -0.116. The van der Waals surface area contributed by atoms with E-state index in [0.29, 0.717) is 49.4 Å². The van der Waals surface area contributed by atoms with Crippen LogP contribution < -0.4 is 4.90 Å². The Morgan fingerprint density at radius 3 is 2.18 bits per heavy atom. The van der Waals surface area contributed by atoms with Gasteiger partial charge in [-0.2, -0.15) is 0 Å². The molecule has 0 N–H and O–H groups in total. The van der Waals surface area contributed by atoms with E-state index in [0.717, 1.165) is 34.8 Å². The smallest absolute Gasteiger partial charge is 0.185 e. The molecule has 0 fully saturated rings. The van der Waals surface area contributed by atoms with Crippen LogP contribution >= 0.6 is 11.3 Å². The van der Waals surface area contributed by atoms with Crippen LogP contribution in [0.3, 0.4) is 0 Å². The summed E-state index contributed by atoms with van der Waals surface area (Å²) < 4.78 is 28.7. The van der Waals surface area contributed by atoms with Gasteiger partial charge in [0.1, 0.15) is 17.4 Å². The quantitative estimate of drug-likeness (QED) is 0.170. The zero-order chi connectivity index (χ0) is 27.8. The van der Waals surface area contributed by atoms with E-state index in [9.17, 15) is 13.6 Å². The molecule has 0 aliphatic heterocycles. The van der Waals surface area contributed by atoms with Crippen LogP contribution in [0, 0.1) is 11.6 Å². The average Bonchev–Trinajstić information content (AvgIpc) is 3.41. The second-order valence-electron chi connectivity index (χ2n) is 10.4. The summed E-state index contributed by atoms with van der Waals surface area (Å²) in [4.78, 5) is 18.3. The summed E-state index contributed by atoms with van der Waals surface area (Å²) >= 11 is 1.63. The van der Waals surface area contributed by atoms with Crippen LogP contribution in [0.1, 0.15) is 66.6 Å². The van der Waals surface area contributed by atoms with Gasteiger partial charge < -0.3 is 9.69 Å². The maximum absolute atomic E-state index is 14.4. The van der Waals surface area contributed by atoms with Crippen molar-refractivity contribution in [3.63, 3.8) is 0 Å². The van der Waals surface area contributed by atoms with E-state index in [4.69, 9.17) is 4.98 Å². The normalized spacial score (nSPS) is 11.2. The number of aryl methyl sites for hydroxylation is 3. The van der Waals surface area contributed by atoms with Gasteiger partial charge in [-0.15, -0.1) is 11.3 Å². The number of anilines is 1. The van der Waals surface area contributed by atoms with Crippen LogP contribution in [0.2, 0.25) is 0 Å². The number of Topliss-reactive ketones (excluding diaryl/α,β-unsaturated/α-hetero) is 1. The molecule has 0 saturated heterocycles. The van der Waals surface area contributed by atoms with Gasteiger partial charge in [0, 0.05) is 24.9 Å². The van der Waals surface area contributed by atoms with Gasteiger partial charge in [-0.05, 0) is 78.5 Å². The highest BCUT2D eigenvalue weighted by atomic mass is 32.1. The number of thiazole rings is 1. The van der Waals surface area contributed by atoms with Crippen LogP contribution in [0.5, 0.6) is 0 Å². The fourth-order valence-corrected chi connectivity index (χ4v) is 5.48. The SMILES string of the molecule is CC(=O)CCc1ccc(CCc2ccc(CN(CCc3ccccc3F)c3nc(C(C)C)cs3)cc2)cc1F. The van der Waals surface area contributed by atoms with Crippen LogP contribution in [-0.2, 0) is 37.0 Å². The maximum Gasteiger partial charge on any atom is 0.185 e. The summed E-state index contributed by atoms with van der Waals surface area (Å²) in [5.74, 6) is 0.0202. The summed E-state index contributed by atoms with van der Waals surface area (Å²) in [5, 5.41) is 3.06. The number of hydrogen-bond donors (Lipinski definition) is 0. The summed E-state index contributed by atoms with van der Waals surface area (Å²) in [5.41, 5.74) is 5.68. The molecular weight excluding hydrogens is 510 g/mol. The van der Waals surface area contributed by atoms with Crippen LogP contribution in [0.15, 0.2) is 72.1 Å². The van der Waals surface area contributed by atoms with E-state index in [1.165, 1.54) is 18.6 Å². The molecule has 4 aromatic rings. The molecule has 1 heterocycles. The summed E-state index contributed by atoms with van der Waals surface area (Å²) in [6.45, 7) is 7.16. The lowest BCUT2D eigenvalue weighted by Crippen LogP contribution is -2.25. The molecule has 0 aliphatic rings. The lowest BCUT2D eigenvalue weighted by atomic mass is 10.00. The minimum absolute atomic E-state index is 0.0714. The number of carbonyl (C=O) groups excluding carboxylic acids is 1. The standard InChI is InChI=1S/C33H36F2N2OS/c1-23(2)32-22-39-33(36-32)37(19-18-28-6-4-5-7-30(28)34)21-27-13-10-25(11-14-27)9-12-26-15-17-29(31(35)20-26)16-8-24(3)38/h4-7,10-11,13-15,17,20,22-23H,8-9,12,16,18-19,21H2,1-3H3. The molecule has 4 rings (SSSR count). The lowest BCUT2D eigenvalue weighted by Gasteiger charge is -2.22. The Hall–Kier alpha value is -3.38. The van der Waals surface area contributed by atoms with Gasteiger partial charge >= 0.3 is 0 Å². The van der Waals surface area contributed by atoms with Crippen molar-refractivity contribution < 1.29 is 13.6 Å². The number of carbonyl (C=O) groups is 1. The Bertz CT molecular complexity index is 1380. The van der Waals surface area contributed by atoms with Crippen molar-refractivity contribution in [2.75, 3.05) is 11.4 Å². The third-order valence-electron chi connectivity index (χ3n) is 6.94. The van der Waals surface area contributed by atoms with Gasteiger partial charge in [-0.3, -0.25) is 0 Å². The monoisotopic (exact) mass is 546 g/mol. The first-order valence-electron chi connectivity index (χ1n) is 13.6. The number of benzene rings is 3. The van der Waals surface area contributed by atoms with E-state index in [1.807, 2.05) is 18.2 Å². The molecule has 3 nitrogen and oxygen atoms in total. The first kappa shape index (κ1) is 28.6. The number of ketones is 1. The fraction of sp³-hybridized carbons (Fsp3) is 0.333. The molecule has 39 heavy (non-hydrogen) atoms. The Morgan fingerprint density at radius 1 is 0.846 bits per heavy atom. The average molecular weight is 547 g/mol. The predicted molar refractivity (Wildman–Crippen MR) is 157 cm³/mol. The molecular formula is C33H36F2N2OS. The number of halogens is 2. The molecule has 204 valence electrons. The molecule has 0 unspecified atom stereocenters. The first-order chi connectivity index (χ1) is 18.8. The van der Waals surface area contributed by atoms with Gasteiger partial charge in [-0.1, -0.05) is 68.4 Å². The molecule has 0 bridgehead atoms. The molecule has 0 amide bonds. The van der Waals surface area contributed by atoms with E-state index in [1.54, 1.807) is 29.5 Å². The Balaban J connectivity index is 1.39. The van der Waals surface area contributed by atoms with Crippen molar-refractivity contribution in [3.05, 3.63) is 117 Å². The molecule has 0 radical (unpaired) electrons. The Morgan fingerprint density at radius 2 is 1.51 bits per heavy atom. The third kappa shape index (κ3) is 8.30. The van der Waals surface area contributed by atoms with Crippen molar-refractivity contribution in [2.24, 2.45) is 0 Å². The van der Waals surface area contributed by atoms with Gasteiger partial charge in [-0.25, -0.2) is 13.8 Å². The zero-order valence-corrected chi connectivity index (χ0v) is 23.7. The number of rotatable bonds is 13. The minimum atomic E-state index is -0.234. The Kier molecular flexibility index (Phi) is 9.99. The number of hydrogen-bond acceptors (Lipinski definition) is 4. The highest BCUT2D eigenvalue weighted by Crippen LogP contribution is 2.27. The van der Waals surface area contributed by atoms with Gasteiger partial charge in [0.15, 0.2) is 5.13 Å². The van der Waals surface area contributed by atoms with Gasteiger partial charge in [0.05, 0.1) is 5.69 Å². The van der Waals surface area contributed by atoms with Crippen LogP contribution in [0.4, 0.5) is 13.9 Å². The minimum Gasteiger partial charge on any atom is -0.343 e. The van der Waals surface area contributed by atoms with Crippen LogP contribution in [0.25, 0.3) is 0 Å². The van der Waals surface area contributed by atoms with E-state index < -0.39 is 0 Å². The van der Waals surface area contributed by atoms with Gasteiger partial charge in [0.25, 0.3) is 0 Å². The maximum atomic E-state index is 14.4. The highest BCUT2D eigenvalue weighted by molar-refractivity contribution is 7.13. The third-order valence-corrected chi connectivity index (χ3v) is 7.86.